The van der Waals surface area contributed by atoms with E-state index in [0.29, 0.717) is 17.7 Å². The van der Waals surface area contributed by atoms with Crippen LogP contribution in [0.5, 0.6) is 5.75 Å². The van der Waals surface area contributed by atoms with Gasteiger partial charge in [-0.25, -0.2) is 14.8 Å². The van der Waals surface area contributed by atoms with Crippen molar-refractivity contribution in [2.24, 2.45) is 5.10 Å². The van der Waals surface area contributed by atoms with Gasteiger partial charge in [0.25, 0.3) is 0 Å². The molecule has 0 saturated heterocycles. The molecule has 32 heavy (non-hydrogen) atoms. The van der Waals surface area contributed by atoms with Crippen LogP contribution in [0, 0.1) is 5.82 Å². The molecule has 0 saturated carbocycles. The zero-order valence-electron chi connectivity index (χ0n) is 15.5. The summed E-state index contributed by atoms with van der Waals surface area (Å²) >= 11 is 0. The number of nitrogens with one attached hydrogen (secondary N) is 2. The molecule has 1 aromatic heterocycles. The van der Waals surface area contributed by atoms with Crippen molar-refractivity contribution in [3.63, 3.8) is 0 Å². The summed E-state index contributed by atoms with van der Waals surface area (Å²) in [6.07, 6.45) is -7.38. The number of alkyl halides is 6. The molecule has 0 aliphatic rings. The summed E-state index contributed by atoms with van der Waals surface area (Å²) in [5.41, 5.74) is 1.29. The Labute approximate surface area is 175 Å². The van der Waals surface area contributed by atoms with Crippen molar-refractivity contribution in [3.05, 3.63) is 65.7 Å². The SMILES string of the molecule is Fc1ccc(Nc2ncnc(NN=Cc3ccc(OC(F)(F)F)cc3)n2)cc1C(F)(F)F. The van der Waals surface area contributed by atoms with Crippen molar-refractivity contribution in [1.29, 1.82) is 0 Å². The van der Waals surface area contributed by atoms with Crippen LogP contribution in [0.2, 0.25) is 0 Å². The zero-order valence-corrected chi connectivity index (χ0v) is 15.5. The quantitative estimate of drug-likeness (QED) is 0.302. The Balaban J connectivity index is 1.64. The van der Waals surface area contributed by atoms with Crippen LogP contribution < -0.4 is 15.5 Å². The molecule has 0 bridgehead atoms. The van der Waals surface area contributed by atoms with Crippen molar-refractivity contribution >= 4 is 23.8 Å². The van der Waals surface area contributed by atoms with Gasteiger partial charge in [-0.1, -0.05) is 0 Å². The number of hydrogen-bond donors (Lipinski definition) is 2. The molecule has 0 aliphatic heterocycles. The van der Waals surface area contributed by atoms with Crippen molar-refractivity contribution in [2.75, 3.05) is 10.7 Å². The van der Waals surface area contributed by atoms with Crippen LogP contribution in [0.15, 0.2) is 53.9 Å². The molecule has 0 atom stereocenters. The van der Waals surface area contributed by atoms with E-state index in [1.807, 2.05) is 0 Å². The van der Waals surface area contributed by atoms with Gasteiger partial charge < -0.3 is 10.1 Å². The first-order chi connectivity index (χ1) is 15.0. The number of ether oxygens (including phenoxy) is 1. The molecule has 0 amide bonds. The highest BCUT2D eigenvalue weighted by Crippen LogP contribution is 2.33. The Hall–Kier alpha value is -3.97. The number of aromatic nitrogens is 3. The average Bonchev–Trinajstić information content (AvgIpc) is 2.69. The van der Waals surface area contributed by atoms with Crippen LogP contribution in [0.1, 0.15) is 11.1 Å². The van der Waals surface area contributed by atoms with Gasteiger partial charge in [0, 0.05) is 5.69 Å². The molecule has 3 rings (SSSR count). The minimum atomic E-state index is -4.88. The summed E-state index contributed by atoms with van der Waals surface area (Å²) in [5, 5.41) is 6.30. The molecule has 2 N–H and O–H groups in total. The highest BCUT2D eigenvalue weighted by atomic mass is 19.4. The highest BCUT2D eigenvalue weighted by molar-refractivity contribution is 5.80. The monoisotopic (exact) mass is 460 g/mol. The van der Waals surface area contributed by atoms with Gasteiger partial charge in [-0.3, -0.25) is 0 Å². The average molecular weight is 460 g/mol. The molecule has 0 aliphatic carbocycles. The van der Waals surface area contributed by atoms with Gasteiger partial charge in [0.15, 0.2) is 0 Å². The molecule has 0 fully saturated rings. The van der Waals surface area contributed by atoms with Gasteiger partial charge in [0.05, 0.1) is 11.8 Å². The largest absolute Gasteiger partial charge is 0.573 e. The Morgan fingerprint density at radius 3 is 2.25 bits per heavy atom. The van der Waals surface area contributed by atoms with E-state index < -0.39 is 29.7 Å². The van der Waals surface area contributed by atoms with E-state index in [1.165, 1.54) is 18.3 Å². The van der Waals surface area contributed by atoms with Crippen LogP contribution >= 0.6 is 0 Å². The molecule has 0 radical (unpaired) electrons. The summed E-state index contributed by atoms with van der Waals surface area (Å²) in [5.74, 6) is -2.06. The number of hydrogen-bond acceptors (Lipinski definition) is 7. The molecule has 14 heteroatoms. The second kappa shape index (κ2) is 9.03. The lowest BCUT2D eigenvalue weighted by atomic mass is 10.2. The summed E-state index contributed by atoms with van der Waals surface area (Å²) in [6, 6.07) is 7.12. The van der Waals surface area contributed by atoms with Crippen LogP contribution in [0.3, 0.4) is 0 Å². The van der Waals surface area contributed by atoms with E-state index in [2.05, 4.69) is 35.5 Å². The lowest BCUT2D eigenvalue weighted by Crippen LogP contribution is -2.17. The highest BCUT2D eigenvalue weighted by Gasteiger charge is 2.34. The smallest absolute Gasteiger partial charge is 0.406 e. The Kier molecular flexibility index (Phi) is 6.41. The number of anilines is 3. The zero-order chi connectivity index (χ0) is 23.4. The van der Waals surface area contributed by atoms with Gasteiger partial charge in [-0.05, 0) is 48.0 Å². The fraction of sp³-hybridized carbons (Fsp3) is 0.111. The topological polar surface area (TPSA) is 84.3 Å². The predicted molar refractivity (Wildman–Crippen MR) is 98.9 cm³/mol. The second-order valence-electron chi connectivity index (χ2n) is 5.94. The summed E-state index contributed by atoms with van der Waals surface area (Å²) < 4.78 is 92.0. The van der Waals surface area contributed by atoms with E-state index in [4.69, 9.17) is 0 Å². The lowest BCUT2D eigenvalue weighted by Gasteiger charge is -2.11. The predicted octanol–water partition coefficient (Wildman–Crippen LogP) is 5.12. The van der Waals surface area contributed by atoms with Crippen molar-refractivity contribution in [3.8, 4) is 5.75 Å². The summed E-state index contributed by atoms with van der Waals surface area (Å²) in [6.45, 7) is 0. The van der Waals surface area contributed by atoms with Gasteiger partial charge in [0.1, 0.15) is 17.9 Å². The summed E-state index contributed by atoms with van der Waals surface area (Å²) in [4.78, 5) is 11.4. The van der Waals surface area contributed by atoms with Crippen molar-refractivity contribution in [2.45, 2.75) is 12.5 Å². The van der Waals surface area contributed by atoms with Gasteiger partial charge in [-0.15, -0.1) is 13.2 Å². The Bertz CT molecular complexity index is 1100. The van der Waals surface area contributed by atoms with E-state index >= 15 is 0 Å². The van der Waals surface area contributed by atoms with Crippen LogP contribution in [0.25, 0.3) is 0 Å². The molecule has 0 spiro atoms. The molecule has 0 unspecified atom stereocenters. The maximum atomic E-state index is 13.4. The minimum Gasteiger partial charge on any atom is -0.406 e. The van der Waals surface area contributed by atoms with Gasteiger partial charge >= 0.3 is 12.5 Å². The van der Waals surface area contributed by atoms with Crippen molar-refractivity contribution in [1.82, 2.24) is 15.0 Å². The first-order valence-electron chi connectivity index (χ1n) is 8.47. The van der Waals surface area contributed by atoms with Gasteiger partial charge in [-0.2, -0.15) is 28.2 Å². The number of hydrazone groups is 1. The van der Waals surface area contributed by atoms with E-state index in [0.717, 1.165) is 24.5 Å². The second-order valence-corrected chi connectivity index (χ2v) is 5.94. The first-order valence-corrected chi connectivity index (χ1v) is 8.47. The Morgan fingerprint density at radius 1 is 0.906 bits per heavy atom. The van der Waals surface area contributed by atoms with Crippen LogP contribution in [-0.2, 0) is 6.18 Å². The minimum absolute atomic E-state index is 0.0890. The summed E-state index contributed by atoms with van der Waals surface area (Å²) in [7, 11) is 0. The molecule has 3 aromatic rings. The molecule has 2 aromatic carbocycles. The van der Waals surface area contributed by atoms with Gasteiger partial charge in [0.2, 0.25) is 11.9 Å². The molecular formula is C18H11F7N6O. The van der Waals surface area contributed by atoms with Crippen molar-refractivity contribution < 1.29 is 35.5 Å². The van der Waals surface area contributed by atoms with Crippen LogP contribution in [-0.4, -0.2) is 27.5 Å². The third kappa shape index (κ3) is 6.52. The van der Waals surface area contributed by atoms with E-state index in [-0.39, 0.29) is 17.6 Å². The van der Waals surface area contributed by atoms with E-state index in [1.54, 1.807) is 0 Å². The fourth-order valence-corrected chi connectivity index (χ4v) is 2.28. The molecule has 168 valence electrons. The number of rotatable bonds is 6. The fourth-order valence-electron chi connectivity index (χ4n) is 2.28. The standard InChI is InChI=1S/C18H11F7N6O/c19-14-6-3-11(7-13(14)17(20,21)22)29-15-26-9-27-16(30-15)31-28-8-10-1-4-12(5-2-10)32-18(23,24)25/h1-9H,(H2,26,27,29,30,31). The van der Waals surface area contributed by atoms with E-state index in [9.17, 15) is 30.7 Å². The maximum absolute atomic E-state index is 13.4. The number of nitrogens with zero attached hydrogens (tertiary/aromatic N) is 4. The molecule has 1 heterocycles. The Morgan fingerprint density at radius 2 is 1.59 bits per heavy atom. The third-order valence-corrected chi connectivity index (χ3v) is 3.59. The molecular weight excluding hydrogens is 449 g/mol. The normalized spacial score (nSPS) is 12.1. The molecule has 7 nitrogen and oxygen atoms in total. The maximum Gasteiger partial charge on any atom is 0.573 e. The lowest BCUT2D eigenvalue weighted by molar-refractivity contribution is -0.274. The first kappa shape index (κ1) is 22.7. The van der Waals surface area contributed by atoms with Crippen LogP contribution in [0.4, 0.5) is 48.3 Å². The number of halogens is 7. The third-order valence-electron chi connectivity index (χ3n) is 3.59. The number of benzene rings is 2.